The lowest BCUT2D eigenvalue weighted by Crippen LogP contribution is -2.04. The molecular formula is C17H19NS. The Morgan fingerprint density at radius 1 is 0.947 bits per heavy atom. The molecular weight excluding hydrogens is 250 g/mol. The second-order valence-corrected chi connectivity index (χ2v) is 5.59. The second-order valence-electron chi connectivity index (χ2n) is 4.32. The van der Waals surface area contributed by atoms with Crippen LogP contribution in [-0.4, -0.2) is 5.75 Å². The molecule has 2 N–H and O–H groups in total. The summed E-state index contributed by atoms with van der Waals surface area (Å²) in [7, 11) is 0. The van der Waals surface area contributed by atoms with Crippen molar-refractivity contribution in [3.8, 4) is 0 Å². The van der Waals surface area contributed by atoms with Gasteiger partial charge in [0.25, 0.3) is 0 Å². The molecule has 0 amide bonds. The van der Waals surface area contributed by atoms with E-state index in [1.807, 2.05) is 23.9 Å². The van der Waals surface area contributed by atoms with E-state index in [4.69, 9.17) is 5.73 Å². The van der Waals surface area contributed by atoms with Gasteiger partial charge in [0.2, 0.25) is 0 Å². The van der Waals surface area contributed by atoms with Crippen LogP contribution in [0, 0.1) is 0 Å². The molecule has 98 valence electrons. The predicted molar refractivity (Wildman–Crippen MR) is 85.8 cm³/mol. The summed E-state index contributed by atoms with van der Waals surface area (Å²) in [4.78, 5) is 1.20. The highest BCUT2D eigenvalue weighted by Crippen LogP contribution is 2.30. The first-order valence-corrected chi connectivity index (χ1v) is 7.50. The van der Waals surface area contributed by atoms with Crippen molar-refractivity contribution in [1.82, 2.24) is 0 Å². The van der Waals surface area contributed by atoms with Gasteiger partial charge in [-0.3, -0.25) is 0 Å². The summed E-state index contributed by atoms with van der Waals surface area (Å²) in [5.74, 6) is 1.03. The third-order valence-electron chi connectivity index (χ3n) is 2.85. The van der Waals surface area contributed by atoms with Crippen LogP contribution in [0.1, 0.15) is 18.1 Å². The molecule has 0 aromatic heterocycles. The van der Waals surface area contributed by atoms with Gasteiger partial charge in [-0.05, 0) is 16.9 Å². The molecule has 0 aliphatic carbocycles. The molecule has 0 spiro atoms. The van der Waals surface area contributed by atoms with E-state index in [1.165, 1.54) is 16.0 Å². The number of hydrogen-bond acceptors (Lipinski definition) is 2. The maximum Gasteiger partial charge on any atom is 0.0335 e. The van der Waals surface area contributed by atoms with Gasteiger partial charge in [-0.1, -0.05) is 67.6 Å². The van der Waals surface area contributed by atoms with Gasteiger partial charge in [-0.15, -0.1) is 11.8 Å². The molecule has 2 aromatic rings. The number of nitrogens with two attached hydrogens (primary N) is 1. The van der Waals surface area contributed by atoms with Crippen LogP contribution < -0.4 is 5.73 Å². The minimum atomic E-state index is 0.804. The molecule has 0 aliphatic rings. The van der Waals surface area contributed by atoms with Gasteiger partial charge in [-0.2, -0.15) is 0 Å². The third-order valence-corrected chi connectivity index (χ3v) is 3.93. The van der Waals surface area contributed by atoms with E-state index in [0.717, 1.165) is 17.9 Å². The number of rotatable bonds is 5. The predicted octanol–water partition coefficient (Wildman–Crippen LogP) is 4.31. The van der Waals surface area contributed by atoms with Gasteiger partial charge in [0.1, 0.15) is 0 Å². The van der Waals surface area contributed by atoms with Gasteiger partial charge in [0.05, 0.1) is 0 Å². The summed E-state index contributed by atoms with van der Waals surface area (Å²) in [6.45, 7) is 2.16. The monoisotopic (exact) mass is 269 g/mol. The topological polar surface area (TPSA) is 26.0 Å². The van der Waals surface area contributed by atoms with Gasteiger partial charge in [0, 0.05) is 17.0 Å². The van der Waals surface area contributed by atoms with Crippen LogP contribution in [-0.2, 0) is 6.42 Å². The molecule has 0 saturated heterocycles. The molecule has 2 aromatic carbocycles. The van der Waals surface area contributed by atoms with E-state index >= 15 is 0 Å². The smallest absolute Gasteiger partial charge is 0.0335 e. The molecule has 0 atom stereocenters. The molecule has 0 aliphatic heterocycles. The molecule has 2 heteroatoms. The van der Waals surface area contributed by atoms with Gasteiger partial charge in [-0.25, -0.2) is 0 Å². The Morgan fingerprint density at radius 3 is 2.11 bits per heavy atom. The Morgan fingerprint density at radius 2 is 1.53 bits per heavy atom. The van der Waals surface area contributed by atoms with Crippen LogP contribution in [0.25, 0.3) is 4.91 Å². The van der Waals surface area contributed by atoms with E-state index in [2.05, 4.69) is 55.5 Å². The number of benzene rings is 2. The second kappa shape index (κ2) is 7.05. The summed E-state index contributed by atoms with van der Waals surface area (Å²) < 4.78 is 0. The van der Waals surface area contributed by atoms with Crippen molar-refractivity contribution < 1.29 is 0 Å². The normalized spacial score (nSPS) is 12.1. The van der Waals surface area contributed by atoms with Crippen molar-refractivity contribution in [3.05, 3.63) is 77.5 Å². The van der Waals surface area contributed by atoms with Crippen molar-refractivity contribution in [2.24, 2.45) is 5.73 Å². The summed E-state index contributed by atoms with van der Waals surface area (Å²) in [6, 6.07) is 20.8. The van der Waals surface area contributed by atoms with Gasteiger partial charge in [0.15, 0.2) is 0 Å². The maximum absolute atomic E-state index is 6.33. The fourth-order valence-electron chi connectivity index (χ4n) is 1.99. The standard InChI is InChI=1S/C17H19NS/c1-2-19-17(15-11-7-4-8-12-15)16(18)13-14-9-5-3-6-10-14/h3-12H,2,13,18H2,1H3/b17-16-. The van der Waals surface area contributed by atoms with Crippen molar-refractivity contribution >= 4 is 16.7 Å². The largest absolute Gasteiger partial charge is 0.401 e. The van der Waals surface area contributed by atoms with Crippen molar-refractivity contribution in [2.75, 3.05) is 5.75 Å². The van der Waals surface area contributed by atoms with Crippen LogP contribution in [0.4, 0.5) is 0 Å². The Balaban J connectivity index is 2.28. The van der Waals surface area contributed by atoms with Gasteiger partial charge < -0.3 is 5.73 Å². The first kappa shape index (κ1) is 13.8. The quantitative estimate of drug-likeness (QED) is 0.875. The minimum absolute atomic E-state index is 0.804. The molecule has 0 radical (unpaired) electrons. The zero-order chi connectivity index (χ0) is 13.5. The van der Waals surface area contributed by atoms with Crippen LogP contribution in [0.5, 0.6) is 0 Å². The van der Waals surface area contributed by atoms with Crippen LogP contribution in [0.2, 0.25) is 0 Å². The van der Waals surface area contributed by atoms with Crippen LogP contribution in [0.15, 0.2) is 66.4 Å². The first-order valence-electron chi connectivity index (χ1n) is 6.52. The Hall–Kier alpha value is -1.67. The molecule has 19 heavy (non-hydrogen) atoms. The highest BCUT2D eigenvalue weighted by molar-refractivity contribution is 8.08. The third kappa shape index (κ3) is 3.90. The van der Waals surface area contributed by atoms with Crippen molar-refractivity contribution in [3.63, 3.8) is 0 Å². The fraction of sp³-hybridized carbons (Fsp3) is 0.176. The van der Waals surface area contributed by atoms with Crippen LogP contribution >= 0.6 is 11.8 Å². The molecule has 0 bridgehead atoms. The zero-order valence-electron chi connectivity index (χ0n) is 11.2. The molecule has 0 fully saturated rings. The summed E-state index contributed by atoms with van der Waals surface area (Å²) in [5, 5.41) is 0. The molecule has 0 unspecified atom stereocenters. The fourth-order valence-corrected chi connectivity index (χ4v) is 2.84. The van der Waals surface area contributed by atoms with Crippen molar-refractivity contribution in [1.29, 1.82) is 0 Å². The summed E-state index contributed by atoms with van der Waals surface area (Å²) >= 11 is 1.81. The van der Waals surface area contributed by atoms with E-state index < -0.39 is 0 Å². The van der Waals surface area contributed by atoms with Crippen LogP contribution in [0.3, 0.4) is 0 Å². The lowest BCUT2D eigenvalue weighted by Gasteiger charge is -2.11. The SMILES string of the molecule is CCS/C(=C(\N)Cc1ccccc1)c1ccccc1. The molecule has 2 rings (SSSR count). The highest BCUT2D eigenvalue weighted by atomic mass is 32.2. The maximum atomic E-state index is 6.33. The molecule has 1 nitrogen and oxygen atoms in total. The number of allylic oxidation sites excluding steroid dienone is 1. The average molecular weight is 269 g/mol. The Labute approximate surface area is 119 Å². The van der Waals surface area contributed by atoms with E-state index in [-0.39, 0.29) is 0 Å². The average Bonchev–Trinajstić information content (AvgIpc) is 2.46. The molecule has 0 saturated carbocycles. The highest BCUT2D eigenvalue weighted by Gasteiger charge is 2.07. The number of thioether (sulfide) groups is 1. The van der Waals surface area contributed by atoms with E-state index in [9.17, 15) is 0 Å². The zero-order valence-corrected chi connectivity index (χ0v) is 12.0. The summed E-state index contributed by atoms with van der Waals surface area (Å²) in [6.07, 6.45) is 0.804. The van der Waals surface area contributed by atoms with E-state index in [1.54, 1.807) is 0 Å². The minimum Gasteiger partial charge on any atom is -0.401 e. The lowest BCUT2D eigenvalue weighted by atomic mass is 10.1. The van der Waals surface area contributed by atoms with E-state index in [0.29, 0.717) is 0 Å². The number of hydrogen-bond donors (Lipinski definition) is 1. The summed E-state index contributed by atoms with van der Waals surface area (Å²) in [5.41, 5.74) is 9.74. The lowest BCUT2D eigenvalue weighted by molar-refractivity contribution is 1.12. The van der Waals surface area contributed by atoms with Crippen molar-refractivity contribution in [2.45, 2.75) is 13.3 Å². The molecule has 0 heterocycles. The Kier molecular flexibility index (Phi) is 5.10. The Bertz CT molecular complexity index is 532. The van der Waals surface area contributed by atoms with Gasteiger partial charge >= 0.3 is 0 Å². The first-order chi connectivity index (χ1) is 9.31.